The Hall–Kier alpha value is -1.14. The Bertz CT molecular complexity index is 356. The van der Waals surface area contributed by atoms with E-state index in [1.165, 1.54) is 19.3 Å². The summed E-state index contributed by atoms with van der Waals surface area (Å²) in [5.41, 5.74) is 0. The molecule has 1 atom stereocenters. The van der Waals surface area contributed by atoms with Gasteiger partial charge in [0.25, 0.3) is 0 Å². The summed E-state index contributed by atoms with van der Waals surface area (Å²) in [5, 5.41) is 11.9. The summed E-state index contributed by atoms with van der Waals surface area (Å²) in [5.74, 6) is -0.722. The third-order valence-corrected chi connectivity index (χ3v) is 4.25. The fraction of sp³-hybridized carbons (Fsp3) is 0.867. The van der Waals surface area contributed by atoms with Gasteiger partial charge >= 0.3 is 5.97 Å². The first-order valence-electron chi connectivity index (χ1n) is 7.98. The number of hydrogen-bond donors (Lipinski definition) is 2. The zero-order chi connectivity index (χ0) is 15.1. The Balaban J connectivity index is 1.64. The van der Waals surface area contributed by atoms with E-state index in [0.717, 1.165) is 19.4 Å². The van der Waals surface area contributed by atoms with Crippen LogP contribution in [0.25, 0.3) is 0 Å². The maximum absolute atomic E-state index is 12.0. The van der Waals surface area contributed by atoms with Crippen LogP contribution in [-0.2, 0) is 14.3 Å². The Morgan fingerprint density at radius 1 is 1.24 bits per heavy atom. The van der Waals surface area contributed by atoms with Gasteiger partial charge in [0.15, 0.2) is 0 Å². The van der Waals surface area contributed by atoms with E-state index in [0.29, 0.717) is 32.2 Å². The Morgan fingerprint density at radius 2 is 2.00 bits per heavy atom. The minimum atomic E-state index is -0.836. The van der Waals surface area contributed by atoms with E-state index in [2.05, 4.69) is 10.2 Å². The van der Waals surface area contributed by atoms with E-state index < -0.39 is 5.97 Å². The second kappa shape index (κ2) is 8.34. The average Bonchev–Trinajstić information content (AvgIpc) is 2.46. The van der Waals surface area contributed by atoms with Crippen molar-refractivity contribution in [2.45, 2.75) is 57.1 Å². The van der Waals surface area contributed by atoms with Crippen molar-refractivity contribution in [2.24, 2.45) is 0 Å². The van der Waals surface area contributed by atoms with E-state index in [-0.39, 0.29) is 18.4 Å². The zero-order valence-corrected chi connectivity index (χ0v) is 12.6. The van der Waals surface area contributed by atoms with Gasteiger partial charge in [-0.3, -0.25) is 14.5 Å². The summed E-state index contributed by atoms with van der Waals surface area (Å²) in [4.78, 5) is 24.8. The molecule has 1 aliphatic carbocycles. The number of nitrogens with one attached hydrogen (secondary N) is 1. The van der Waals surface area contributed by atoms with Crippen molar-refractivity contribution in [1.29, 1.82) is 0 Å². The zero-order valence-electron chi connectivity index (χ0n) is 12.6. The summed E-state index contributed by atoms with van der Waals surface area (Å²) < 4.78 is 5.42. The third kappa shape index (κ3) is 6.01. The summed E-state index contributed by atoms with van der Waals surface area (Å²) in [6.45, 7) is 2.59. The van der Waals surface area contributed by atoms with E-state index >= 15 is 0 Å². The van der Waals surface area contributed by atoms with Crippen molar-refractivity contribution in [2.75, 3.05) is 26.2 Å². The lowest BCUT2D eigenvalue weighted by Gasteiger charge is -2.32. The molecule has 1 saturated heterocycles. The first-order chi connectivity index (χ1) is 10.1. The molecule has 0 aromatic carbocycles. The molecule has 1 amide bonds. The average molecular weight is 298 g/mol. The number of ether oxygens (including phenoxy) is 1. The number of carbonyl (C=O) groups excluding carboxylic acids is 1. The third-order valence-electron chi connectivity index (χ3n) is 4.25. The lowest BCUT2D eigenvalue weighted by Crippen LogP contribution is -2.45. The summed E-state index contributed by atoms with van der Waals surface area (Å²) in [6.07, 6.45) is 6.18. The maximum Gasteiger partial charge on any atom is 0.306 e. The monoisotopic (exact) mass is 298 g/mol. The summed E-state index contributed by atoms with van der Waals surface area (Å²) >= 11 is 0. The normalized spacial score (nSPS) is 24.7. The van der Waals surface area contributed by atoms with Crippen LogP contribution in [0.3, 0.4) is 0 Å². The van der Waals surface area contributed by atoms with Crippen LogP contribution >= 0.6 is 0 Å². The number of carbonyl (C=O) groups is 2. The molecule has 0 aromatic heterocycles. The minimum absolute atomic E-state index is 0.0325. The molecular formula is C15H26N2O4. The van der Waals surface area contributed by atoms with E-state index in [1.54, 1.807) is 0 Å². The molecule has 2 fully saturated rings. The number of amides is 1. The molecule has 1 saturated carbocycles. The van der Waals surface area contributed by atoms with Crippen LogP contribution in [0.5, 0.6) is 0 Å². The van der Waals surface area contributed by atoms with E-state index in [9.17, 15) is 9.59 Å². The largest absolute Gasteiger partial charge is 0.481 e. The SMILES string of the molecule is O=C(O)CC1CN(CCC(=O)NC2CCCCC2)CCO1. The van der Waals surface area contributed by atoms with E-state index in [4.69, 9.17) is 9.84 Å². The smallest absolute Gasteiger partial charge is 0.306 e. The second-order valence-electron chi connectivity index (χ2n) is 6.04. The Labute approximate surface area is 125 Å². The maximum atomic E-state index is 12.0. The molecule has 21 heavy (non-hydrogen) atoms. The predicted molar refractivity (Wildman–Crippen MR) is 78.1 cm³/mol. The van der Waals surface area contributed by atoms with Crippen molar-refractivity contribution < 1.29 is 19.4 Å². The summed E-state index contributed by atoms with van der Waals surface area (Å²) in [6, 6.07) is 0.357. The first-order valence-corrected chi connectivity index (χ1v) is 7.98. The topological polar surface area (TPSA) is 78.9 Å². The van der Waals surface area contributed by atoms with Crippen LogP contribution in [-0.4, -0.2) is 60.3 Å². The Morgan fingerprint density at radius 3 is 2.71 bits per heavy atom. The number of carboxylic acid groups (broad SMARTS) is 1. The van der Waals surface area contributed by atoms with Crippen LogP contribution in [0.4, 0.5) is 0 Å². The van der Waals surface area contributed by atoms with Crippen LogP contribution in [0.15, 0.2) is 0 Å². The highest BCUT2D eigenvalue weighted by Gasteiger charge is 2.23. The molecule has 0 aromatic rings. The van der Waals surface area contributed by atoms with Gasteiger partial charge in [0.1, 0.15) is 0 Å². The highest BCUT2D eigenvalue weighted by atomic mass is 16.5. The molecule has 0 spiro atoms. The molecule has 6 nitrogen and oxygen atoms in total. The lowest BCUT2D eigenvalue weighted by molar-refractivity contribution is -0.142. The number of carboxylic acids is 1. The second-order valence-corrected chi connectivity index (χ2v) is 6.04. The number of hydrogen-bond acceptors (Lipinski definition) is 4. The molecule has 1 aliphatic heterocycles. The molecule has 2 aliphatic rings. The first kappa shape index (κ1) is 16.2. The van der Waals surface area contributed by atoms with Gasteiger partial charge in [0, 0.05) is 32.1 Å². The minimum Gasteiger partial charge on any atom is -0.481 e. The predicted octanol–water partition coefficient (Wildman–Crippen LogP) is 1.00. The van der Waals surface area contributed by atoms with Gasteiger partial charge in [-0.2, -0.15) is 0 Å². The van der Waals surface area contributed by atoms with E-state index in [1.807, 2.05) is 0 Å². The van der Waals surface area contributed by atoms with Crippen molar-refractivity contribution in [3.63, 3.8) is 0 Å². The van der Waals surface area contributed by atoms with Gasteiger partial charge in [-0.25, -0.2) is 0 Å². The van der Waals surface area contributed by atoms with Gasteiger partial charge in [-0.1, -0.05) is 19.3 Å². The number of aliphatic carboxylic acids is 1. The van der Waals surface area contributed by atoms with Crippen LogP contribution in [0, 0.1) is 0 Å². The van der Waals surface area contributed by atoms with Crippen molar-refractivity contribution in [1.82, 2.24) is 10.2 Å². The molecule has 2 N–H and O–H groups in total. The quantitative estimate of drug-likeness (QED) is 0.765. The van der Waals surface area contributed by atoms with Gasteiger partial charge in [0.2, 0.25) is 5.91 Å². The van der Waals surface area contributed by atoms with Gasteiger partial charge < -0.3 is 15.2 Å². The van der Waals surface area contributed by atoms with Crippen LogP contribution < -0.4 is 5.32 Å². The van der Waals surface area contributed by atoms with Gasteiger partial charge in [-0.15, -0.1) is 0 Å². The number of rotatable bonds is 6. The van der Waals surface area contributed by atoms with Gasteiger partial charge in [0.05, 0.1) is 19.1 Å². The molecule has 0 bridgehead atoms. The van der Waals surface area contributed by atoms with Crippen LogP contribution in [0.2, 0.25) is 0 Å². The Kier molecular flexibility index (Phi) is 6.45. The van der Waals surface area contributed by atoms with Crippen molar-refractivity contribution in [3.8, 4) is 0 Å². The molecule has 120 valence electrons. The number of nitrogens with zero attached hydrogens (tertiary/aromatic N) is 1. The van der Waals surface area contributed by atoms with Crippen molar-refractivity contribution in [3.05, 3.63) is 0 Å². The fourth-order valence-electron chi connectivity index (χ4n) is 3.11. The molecule has 2 rings (SSSR count). The van der Waals surface area contributed by atoms with Crippen LogP contribution in [0.1, 0.15) is 44.9 Å². The molecular weight excluding hydrogens is 272 g/mol. The lowest BCUT2D eigenvalue weighted by atomic mass is 9.95. The molecule has 6 heteroatoms. The molecule has 1 heterocycles. The fourth-order valence-corrected chi connectivity index (χ4v) is 3.11. The van der Waals surface area contributed by atoms with Gasteiger partial charge in [-0.05, 0) is 12.8 Å². The standard InChI is InChI=1S/C15H26N2O4/c18-14(16-12-4-2-1-3-5-12)6-7-17-8-9-21-13(11-17)10-15(19)20/h12-13H,1-11H2,(H,16,18)(H,19,20). The molecule has 1 unspecified atom stereocenters. The summed E-state index contributed by atoms with van der Waals surface area (Å²) in [7, 11) is 0. The highest BCUT2D eigenvalue weighted by Crippen LogP contribution is 2.17. The van der Waals surface area contributed by atoms with Crippen molar-refractivity contribution >= 4 is 11.9 Å². The molecule has 0 radical (unpaired) electrons. The highest BCUT2D eigenvalue weighted by molar-refractivity contribution is 5.76. The number of morpholine rings is 1.